The number of thioether (sulfide) groups is 1. The summed E-state index contributed by atoms with van der Waals surface area (Å²) in [5.74, 6) is 1.60. The number of hydrogen-bond acceptors (Lipinski definition) is 5. The summed E-state index contributed by atoms with van der Waals surface area (Å²) in [6.45, 7) is 7.04. The van der Waals surface area contributed by atoms with E-state index in [4.69, 9.17) is 9.26 Å². The zero-order valence-corrected chi connectivity index (χ0v) is 15.3. The highest BCUT2D eigenvalue weighted by Crippen LogP contribution is 2.33. The van der Waals surface area contributed by atoms with E-state index in [2.05, 4.69) is 37.0 Å². The van der Waals surface area contributed by atoms with Gasteiger partial charge in [-0.3, -0.25) is 4.99 Å². The summed E-state index contributed by atoms with van der Waals surface area (Å²) in [7, 11) is 1.66. The third-order valence-electron chi connectivity index (χ3n) is 4.11. The van der Waals surface area contributed by atoms with Gasteiger partial charge in [-0.25, -0.2) is 0 Å². The van der Waals surface area contributed by atoms with Gasteiger partial charge in [-0.05, 0) is 50.6 Å². The molecule has 0 spiro atoms. The number of nitrogens with zero attached hydrogens (tertiary/aromatic N) is 2. The second-order valence-corrected chi connectivity index (χ2v) is 7.64. The van der Waals surface area contributed by atoms with Crippen molar-refractivity contribution in [2.45, 2.75) is 37.8 Å². The summed E-state index contributed by atoms with van der Waals surface area (Å²) in [4.78, 5) is 4.68. The Kier molecular flexibility index (Phi) is 5.09. The van der Waals surface area contributed by atoms with Gasteiger partial charge in [0.15, 0.2) is 5.76 Å². The minimum absolute atomic E-state index is 0.508. The van der Waals surface area contributed by atoms with Crippen LogP contribution in [0.15, 0.2) is 51.5 Å². The van der Waals surface area contributed by atoms with E-state index in [0.717, 1.165) is 28.5 Å². The second kappa shape index (κ2) is 7.26. The maximum Gasteiger partial charge on any atom is 0.158 e. The Labute approximate surface area is 147 Å². The molecule has 2 unspecified atom stereocenters. The lowest BCUT2D eigenvalue weighted by Gasteiger charge is -2.07. The molecular weight excluding hydrogens is 320 g/mol. The molecule has 0 radical (unpaired) electrons. The molecule has 0 saturated heterocycles. The largest absolute Gasteiger partial charge is 0.497 e. The number of aliphatic imine (C=N–C) groups is 1. The Hall–Kier alpha value is -2.01. The minimum Gasteiger partial charge on any atom is -0.497 e. The molecule has 0 amide bonds. The van der Waals surface area contributed by atoms with Gasteiger partial charge in [0.25, 0.3) is 0 Å². The fourth-order valence-corrected chi connectivity index (χ4v) is 4.08. The van der Waals surface area contributed by atoms with E-state index in [1.54, 1.807) is 7.11 Å². The van der Waals surface area contributed by atoms with Crippen LogP contribution in [0, 0.1) is 0 Å². The predicted octanol–water partition coefficient (Wildman–Crippen LogP) is 4.76. The van der Waals surface area contributed by atoms with Crippen LogP contribution in [0.5, 0.6) is 5.75 Å². The molecular formula is C19H22N2O2S. The van der Waals surface area contributed by atoms with Crippen molar-refractivity contribution in [2.75, 3.05) is 7.11 Å². The SMILES string of the molecule is COc1ccc(-c2cc(CN=C(C)C3=CC(C)SC3C)on2)cc1. The highest BCUT2D eigenvalue weighted by atomic mass is 32.2. The van der Waals surface area contributed by atoms with Gasteiger partial charge in [0, 0.05) is 27.8 Å². The molecule has 0 saturated carbocycles. The van der Waals surface area contributed by atoms with Crippen LogP contribution in [0.3, 0.4) is 0 Å². The first kappa shape index (κ1) is 16.8. The highest BCUT2D eigenvalue weighted by Gasteiger charge is 2.22. The van der Waals surface area contributed by atoms with Crippen molar-refractivity contribution in [3.63, 3.8) is 0 Å². The molecule has 0 bridgehead atoms. The predicted molar refractivity (Wildman–Crippen MR) is 99.9 cm³/mol. The van der Waals surface area contributed by atoms with Crippen LogP contribution < -0.4 is 4.74 Å². The Bertz CT molecular complexity index is 762. The smallest absolute Gasteiger partial charge is 0.158 e. The van der Waals surface area contributed by atoms with Gasteiger partial charge in [0.1, 0.15) is 18.0 Å². The van der Waals surface area contributed by atoms with E-state index in [9.17, 15) is 0 Å². The number of methoxy groups -OCH3 is 1. The Morgan fingerprint density at radius 2 is 2.04 bits per heavy atom. The average molecular weight is 342 g/mol. The quantitative estimate of drug-likeness (QED) is 0.735. The zero-order valence-electron chi connectivity index (χ0n) is 14.4. The zero-order chi connectivity index (χ0) is 17.1. The fraction of sp³-hybridized carbons (Fsp3) is 0.368. The molecule has 24 heavy (non-hydrogen) atoms. The molecule has 4 nitrogen and oxygen atoms in total. The maximum atomic E-state index is 5.42. The molecule has 0 fully saturated rings. The Balaban J connectivity index is 1.69. The van der Waals surface area contributed by atoms with Crippen LogP contribution in [-0.4, -0.2) is 28.5 Å². The molecule has 2 aromatic rings. The van der Waals surface area contributed by atoms with Crippen molar-refractivity contribution in [3.8, 4) is 17.0 Å². The molecule has 2 atom stereocenters. The molecule has 126 valence electrons. The molecule has 0 N–H and O–H groups in total. The van der Waals surface area contributed by atoms with E-state index in [-0.39, 0.29) is 0 Å². The lowest BCUT2D eigenvalue weighted by Crippen LogP contribution is -2.06. The molecule has 2 heterocycles. The molecule has 0 aliphatic carbocycles. The van der Waals surface area contributed by atoms with Crippen LogP contribution in [0.4, 0.5) is 0 Å². The van der Waals surface area contributed by atoms with Crippen molar-refractivity contribution < 1.29 is 9.26 Å². The lowest BCUT2D eigenvalue weighted by molar-refractivity contribution is 0.387. The van der Waals surface area contributed by atoms with E-state index >= 15 is 0 Å². The van der Waals surface area contributed by atoms with Crippen molar-refractivity contribution in [1.82, 2.24) is 5.16 Å². The first-order valence-electron chi connectivity index (χ1n) is 8.05. The standard InChI is InChI=1S/C19H22N2O2S/c1-12-9-18(14(3)24-12)13(2)20-11-17-10-19(21-23-17)15-5-7-16(22-4)8-6-15/h5-10,12,14H,11H2,1-4H3. The molecule has 1 aliphatic heterocycles. The number of hydrogen-bond donors (Lipinski definition) is 0. The second-order valence-electron chi connectivity index (χ2n) is 5.91. The normalized spacial score (nSPS) is 21.0. The number of rotatable bonds is 5. The molecule has 5 heteroatoms. The third kappa shape index (κ3) is 3.73. The van der Waals surface area contributed by atoms with Crippen LogP contribution >= 0.6 is 11.8 Å². The number of ether oxygens (including phenoxy) is 1. The molecule has 3 rings (SSSR count). The molecule has 1 aromatic carbocycles. The monoisotopic (exact) mass is 342 g/mol. The summed E-state index contributed by atoms with van der Waals surface area (Å²) in [6.07, 6.45) is 2.30. The van der Waals surface area contributed by atoms with Gasteiger partial charge in [-0.2, -0.15) is 0 Å². The van der Waals surface area contributed by atoms with E-state index < -0.39 is 0 Å². The number of aromatic nitrogens is 1. The van der Waals surface area contributed by atoms with Crippen LogP contribution in [0.25, 0.3) is 11.3 Å². The Morgan fingerprint density at radius 3 is 2.67 bits per heavy atom. The first-order chi connectivity index (χ1) is 11.6. The summed E-state index contributed by atoms with van der Waals surface area (Å²) in [6, 6.07) is 9.72. The fourth-order valence-electron chi connectivity index (χ4n) is 2.81. The van der Waals surface area contributed by atoms with Crippen molar-refractivity contribution in [1.29, 1.82) is 0 Å². The van der Waals surface area contributed by atoms with E-state index in [1.165, 1.54) is 5.57 Å². The third-order valence-corrected chi connectivity index (χ3v) is 5.33. The van der Waals surface area contributed by atoms with E-state index in [0.29, 0.717) is 17.0 Å². The average Bonchev–Trinajstić information content (AvgIpc) is 3.19. The van der Waals surface area contributed by atoms with Crippen LogP contribution in [0.1, 0.15) is 26.5 Å². The lowest BCUT2D eigenvalue weighted by atomic mass is 10.1. The topological polar surface area (TPSA) is 47.6 Å². The van der Waals surface area contributed by atoms with Gasteiger partial charge in [0.05, 0.1) is 7.11 Å². The molecule has 1 aromatic heterocycles. The Morgan fingerprint density at radius 1 is 1.29 bits per heavy atom. The van der Waals surface area contributed by atoms with Gasteiger partial charge in [-0.15, -0.1) is 11.8 Å². The summed E-state index contributed by atoms with van der Waals surface area (Å²) in [5, 5.41) is 5.21. The highest BCUT2D eigenvalue weighted by molar-refractivity contribution is 8.01. The van der Waals surface area contributed by atoms with Crippen molar-refractivity contribution in [2.24, 2.45) is 4.99 Å². The van der Waals surface area contributed by atoms with Crippen molar-refractivity contribution in [3.05, 3.63) is 47.7 Å². The summed E-state index contributed by atoms with van der Waals surface area (Å²) < 4.78 is 10.6. The summed E-state index contributed by atoms with van der Waals surface area (Å²) in [5.41, 5.74) is 4.24. The first-order valence-corrected chi connectivity index (χ1v) is 8.99. The summed E-state index contributed by atoms with van der Waals surface area (Å²) >= 11 is 1.96. The van der Waals surface area contributed by atoms with Gasteiger partial charge >= 0.3 is 0 Å². The number of benzene rings is 1. The van der Waals surface area contributed by atoms with Gasteiger partial charge < -0.3 is 9.26 Å². The molecule has 1 aliphatic rings. The maximum absolute atomic E-state index is 5.42. The van der Waals surface area contributed by atoms with E-state index in [1.807, 2.05) is 42.1 Å². The minimum atomic E-state index is 0.508. The van der Waals surface area contributed by atoms with Crippen molar-refractivity contribution >= 4 is 17.5 Å². The van der Waals surface area contributed by atoms with Gasteiger partial charge in [-0.1, -0.05) is 11.2 Å². The van der Waals surface area contributed by atoms with Gasteiger partial charge in [0.2, 0.25) is 0 Å². The van der Waals surface area contributed by atoms with Crippen LogP contribution in [0.2, 0.25) is 0 Å². The van der Waals surface area contributed by atoms with Crippen LogP contribution in [-0.2, 0) is 6.54 Å².